The van der Waals surface area contributed by atoms with E-state index in [4.69, 9.17) is 9.47 Å². The van der Waals surface area contributed by atoms with Gasteiger partial charge >= 0.3 is 0 Å². The third-order valence-electron chi connectivity index (χ3n) is 3.26. The molecule has 0 radical (unpaired) electrons. The number of benzene rings is 1. The molecule has 0 aliphatic rings. The van der Waals surface area contributed by atoms with Crippen LogP contribution in [-0.4, -0.2) is 27.4 Å². The lowest BCUT2D eigenvalue weighted by Crippen LogP contribution is -2.19. The lowest BCUT2D eigenvalue weighted by molar-refractivity contribution is 0.137. The first-order chi connectivity index (χ1) is 8.63. The van der Waals surface area contributed by atoms with Crippen LogP contribution in [0.25, 0.3) is 0 Å². The third kappa shape index (κ3) is 3.72. The van der Waals surface area contributed by atoms with Crippen molar-refractivity contribution in [2.24, 2.45) is 0 Å². The van der Waals surface area contributed by atoms with Crippen molar-refractivity contribution in [1.82, 2.24) is 5.32 Å². The van der Waals surface area contributed by atoms with Crippen LogP contribution in [0.5, 0.6) is 5.75 Å². The molecule has 1 unspecified atom stereocenters. The van der Waals surface area contributed by atoms with Gasteiger partial charge in [-0.2, -0.15) is 0 Å². The van der Waals surface area contributed by atoms with Gasteiger partial charge in [-0.15, -0.1) is 0 Å². The van der Waals surface area contributed by atoms with Gasteiger partial charge in [0.2, 0.25) is 0 Å². The van der Waals surface area contributed by atoms with Crippen molar-refractivity contribution in [2.75, 3.05) is 27.4 Å². The minimum Gasteiger partial charge on any atom is -0.496 e. The molecule has 3 nitrogen and oxygen atoms in total. The second-order valence-electron chi connectivity index (χ2n) is 4.51. The number of nitrogens with one attached hydrogen (secondary N) is 1. The molecule has 0 amide bonds. The van der Waals surface area contributed by atoms with Crippen molar-refractivity contribution >= 4 is 0 Å². The Morgan fingerprint density at radius 1 is 1.22 bits per heavy atom. The maximum atomic E-state index is 5.44. The Bertz CT molecular complexity index is 377. The zero-order valence-corrected chi connectivity index (χ0v) is 12.2. The Kier molecular flexibility index (Phi) is 6.16. The molecule has 3 heteroatoms. The van der Waals surface area contributed by atoms with Crippen molar-refractivity contribution in [3.05, 3.63) is 28.8 Å². The normalized spacial score (nSPS) is 12.5. The van der Waals surface area contributed by atoms with Gasteiger partial charge in [-0.05, 0) is 57.0 Å². The molecule has 18 heavy (non-hydrogen) atoms. The fraction of sp³-hybridized carbons (Fsp3) is 0.600. The smallest absolute Gasteiger partial charge is 0.122 e. The van der Waals surface area contributed by atoms with E-state index in [2.05, 4.69) is 31.3 Å². The lowest BCUT2D eigenvalue weighted by atomic mass is 9.96. The van der Waals surface area contributed by atoms with Crippen LogP contribution in [0, 0.1) is 13.8 Å². The van der Waals surface area contributed by atoms with E-state index >= 15 is 0 Å². The molecule has 0 heterocycles. The maximum absolute atomic E-state index is 5.44. The number of hydrogen-bond donors (Lipinski definition) is 1. The van der Waals surface area contributed by atoms with Gasteiger partial charge in [-0.1, -0.05) is 6.07 Å². The van der Waals surface area contributed by atoms with Crippen LogP contribution in [0.4, 0.5) is 0 Å². The minimum atomic E-state index is 0.334. The number of methoxy groups -OCH3 is 1. The van der Waals surface area contributed by atoms with Crippen molar-refractivity contribution in [3.63, 3.8) is 0 Å². The summed E-state index contributed by atoms with van der Waals surface area (Å²) in [6, 6.07) is 4.65. The van der Waals surface area contributed by atoms with E-state index < -0.39 is 0 Å². The molecule has 0 saturated carbocycles. The van der Waals surface area contributed by atoms with Crippen LogP contribution >= 0.6 is 0 Å². The number of hydrogen-bond acceptors (Lipinski definition) is 3. The molecule has 1 aromatic carbocycles. The summed E-state index contributed by atoms with van der Waals surface area (Å²) >= 11 is 0. The minimum absolute atomic E-state index is 0.334. The molecule has 0 bridgehead atoms. The second-order valence-corrected chi connectivity index (χ2v) is 4.51. The van der Waals surface area contributed by atoms with Gasteiger partial charge in [-0.3, -0.25) is 0 Å². The second kappa shape index (κ2) is 7.39. The van der Waals surface area contributed by atoms with E-state index in [-0.39, 0.29) is 0 Å². The zero-order valence-electron chi connectivity index (χ0n) is 12.2. The Morgan fingerprint density at radius 2 is 1.94 bits per heavy atom. The van der Waals surface area contributed by atoms with Crippen molar-refractivity contribution in [2.45, 2.75) is 33.2 Å². The molecule has 1 rings (SSSR count). The number of aryl methyl sites for hydroxylation is 2. The van der Waals surface area contributed by atoms with E-state index in [0.29, 0.717) is 6.04 Å². The highest BCUT2D eigenvalue weighted by Gasteiger charge is 2.13. The Hall–Kier alpha value is -1.06. The van der Waals surface area contributed by atoms with Crippen LogP contribution in [-0.2, 0) is 4.74 Å². The first kappa shape index (κ1) is 15.0. The Labute approximate surface area is 110 Å². The average Bonchev–Trinajstić information content (AvgIpc) is 2.37. The lowest BCUT2D eigenvalue weighted by Gasteiger charge is -2.20. The van der Waals surface area contributed by atoms with Crippen LogP contribution in [0.1, 0.15) is 36.1 Å². The quantitative estimate of drug-likeness (QED) is 0.756. The van der Waals surface area contributed by atoms with Crippen LogP contribution in [0.3, 0.4) is 0 Å². The van der Waals surface area contributed by atoms with Gasteiger partial charge in [0.05, 0.1) is 7.11 Å². The van der Waals surface area contributed by atoms with Crippen molar-refractivity contribution in [1.29, 1.82) is 0 Å². The molecule has 1 N–H and O–H groups in total. The summed E-state index contributed by atoms with van der Waals surface area (Å²) in [6.07, 6.45) is 0.983. The summed E-state index contributed by atoms with van der Waals surface area (Å²) < 4.78 is 10.8. The predicted molar refractivity (Wildman–Crippen MR) is 75.4 cm³/mol. The molecule has 0 fully saturated rings. The van der Waals surface area contributed by atoms with Crippen LogP contribution in [0.2, 0.25) is 0 Å². The topological polar surface area (TPSA) is 30.5 Å². The molecule has 0 aliphatic heterocycles. The monoisotopic (exact) mass is 251 g/mol. The number of ether oxygens (including phenoxy) is 2. The SMILES string of the molecule is CCOCCC(NC)c1cc(C)c(OC)cc1C. The highest BCUT2D eigenvalue weighted by molar-refractivity contribution is 5.42. The van der Waals surface area contributed by atoms with E-state index in [1.54, 1.807) is 7.11 Å². The van der Waals surface area contributed by atoms with Crippen molar-refractivity contribution in [3.8, 4) is 5.75 Å². The van der Waals surface area contributed by atoms with Crippen molar-refractivity contribution < 1.29 is 9.47 Å². The van der Waals surface area contributed by atoms with Crippen LogP contribution in [0.15, 0.2) is 12.1 Å². The average molecular weight is 251 g/mol. The van der Waals surface area contributed by atoms with Gasteiger partial charge in [0.15, 0.2) is 0 Å². The van der Waals surface area contributed by atoms with Gasteiger partial charge in [0.25, 0.3) is 0 Å². The van der Waals surface area contributed by atoms with E-state index in [1.807, 2.05) is 14.0 Å². The van der Waals surface area contributed by atoms with Gasteiger partial charge in [0, 0.05) is 19.3 Å². The Balaban J connectivity index is 2.88. The molecule has 0 spiro atoms. The highest BCUT2D eigenvalue weighted by Crippen LogP contribution is 2.27. The first-order valence-corrected chi connectivity index (χ1v) is 6.54. The molecule has 1 aromatic rings. The standard InChI is InChI=1S/C15H25NO2/c1-6-18-8-7-14(16-4)13-9-12(3)15(17-5)10-11(13)2/h9-10,14,16H,6-8H2,1-5H3. The fourth-order valence-electron chi connectivity index (χ4n) is 2.21. The summed E-state index contributed by atoms with van der Waals surface area (Å²) in [7, 11) is 3.71. The number of rotatable bonds is 7. The fourth-order valence-corrected chi connectivity index (χ4v) is 2.21. The van der Waals surface area contributed by atoms with Crippen LogP contribution < -0.4 is 10.1 Å². The summed E-state index contributed by atoms with van der Waals surface area (Å²) in [6.45, 7) is 7.79. The van der Waals surface area contributed by atoms with E-state index in [9.17, 15) is 0 Å². The molecular formula is C15H25NO2. The maximum Gasteiger partial charge on any atom is 0.122 e. The Morgan fingerprint density at radius 3 is 2.50 bits per heavy atom. The summed E-state index contributed by atoms with van der Waals surface area (Å²) in [5, 5.41) is 3.36. The summed E-state index contributed by atoms with van der Waals surface area (Å²) in [4.78, 5) is 0. The third-order valence-corrected chi connectivity index (χ3v) is 3.26. The van der Waals surface area contributed by atoms with Gasteiger partial charge in [-0.25, -0.2) is 0 Å². The predicted octanol–water partition coefficient (Wildman–Crippen LogP) is 3.00. The highest BCUT2D eigenvalue weighted by atomic mass is 16.5. The van der Waals surface area contributed by atoms with Gasteiger partial charge in [0.1, 0.15) is 5.75 Å². The van der Waals surface area contributed by atoms with E-state index in [0.717, 1.165) is 25.4 Å². The largest absolute Gasteiger partial charge is 0.496 e. The molecule has 0 aliphatic carbocycles. The van der Waals surface area contributed by atoms with E-state index in [1.165, 1.54) is 16.7 Å². The zero-order chi connectivity index (χ0) is 13.5. The molecule has 1 atom stereocenters. The summed E-state index contributed by atoms with van der Waals surface area (Å²) in [5.41, 5.74) is 3.76. The molecule has 0 aromatic heterocycles. The first-order valence-electron chi connectivity index (χ1n) is 6.54. The molecule has 0 saturated heterocycles. The molecule has 102 valence electrons. The molecular weight excluding hydrogens is 226 g/mol. The van der Waals surface area contributed by atoms with Gasteiger partial charge < -0.3 is 14.8 Å². The summed E-state index contributed by atoms with van der Waals surface area (Å²) in [5.74, 6) is 0.955.